The van der Waals surface area contributed by atoms with Gasteiger partial charge in [-0.1, -0.05) is 41.4 Å². The van der Waals surface area contributed by atoms with E-state index < -0.39 is 10.0 Å². The topological polar surface area (TPSA) is 94.1 Å². The van der Waals surface area contributed by atoms with Gasteiger partial charge in [0.1, 0.15) is 0 Å². The number of benzene rings is 1. The van der Waals surface area contributed by atoms with Crippen molar-refractivity contribution in [1.29, 1.82) is 0 Å². The van der Waals surface area contributed by atoms with E-state index in [0.717, 1.165) is 24.8 Å². The Bertz CT molecular complexity index is 1120. The SMILES string of the molecule is O=S(=O)(c1cn(Cc2noc(C=Cc3ccccc3Cl)n2)cn1)N1CCCCC1. The highest BCUT2D eigenvalue weighted by Gasteiger charge is 2.28. The van der Waals surface area contributed by atoms with Crippen LogP contribution in [0.3, 0.4) is 0 Å². The first-order chi connectivity index (χ1) is 14.0. The average molecular weight is 434 g/mol. The molecule has 3 heterocycles. The van der Waals surface area contributed by atoms with E-state index in [4.69, 9.17) is 16.1 Å². The van der Waals surface area contributed by atoms with Crippen LogP contribution in [0.4, 0.5) is 0 Å². The van der Waals surface area contributed by atoms with E-state index >= 15 is 0 Å². The van der Waals surface area contributed by atoms with Crippen LogP contribution in [0.5, 0.6) is 0 Å². The van der Waals surface area contributed by atoms with E-state index in [0.29, 0.717) is 29.8 Å². The lowest BCUT2D eigenvalue weighted by molar-refractivity contribution is 0.345. The van der Waals surface area contributed by atoms with Crippen molar-refractivity contribution in [3.8, 4) is 0 Å². The summed E-state index contributed by atoms with van der Waals surface area (Å²) < 4.78 is 33.7. The molecule has 0 spiro atoms. The van der Waals surface area contributed by atoms with Gasteiger partial charge in [-0.25, -0.2) is 13.4 Å². The standard InChI is InChI=1S/C19H20ClN5O3S/c20-16-7-3-2-6-15(16)8-9-18-22-17(23-28-18)12-24-13-19(21-14-24)29(26,27)25-10-4-1-5-11-25/h2-3,6-9,13-14H,1,4-5,10-12H2. The Morgan fingerprint density at radius 2 is 1.93 bits per heavy atom. The maximum atomic E-state index is 12.7. The second kappa shape index (κ2) is 8.48. The molecule has 1 fully saturated rings. The lowest BCUT2D eigenvalue weighted by Crippen LogP contribution is -2.35. The number of hydrogen-bond donors (Lipinski definition) is 0. The lowest BCUT2D eigenvalue weighted by Gasteiger charge is -2.24. The van der Waals surface area contributed by atoms with Crippen LogP contribution in [0.1, 0.15) is 36.5 Å². The van der Waals surface area contributed by atoms with Crippen molar-refractivity contribution in [3.63, 3.8) is 0 Å². The normalized spacial score (nSPS) is 15.9. The Labute approximate surface area is 173 Å². The van der Waals surface area contributed by atoms with E-state index in [1.165, 1.54) is 16.8 Å². The molecule has 3 aromatic rings. The molecule has 0 aliphatic carbocycles. The highest BCUT2D eigenvalue weighted by atomic mass is 35.5. The molecule has 10 heteroatoms. The summed E-state index contributed by atoms with van der Waals surface area (Å²) in [6, 6.07) is 7.43. The number of halogens is 1. The molecule has 152 valence electrons. The zero-order valence-corrected chi connectivity index (χ0v) is 17.2. The van der Waals surface area contributed by atoms with Crippen LogP contribution in [0, 0.1) is 0 Å². The highest BCUT2D eigenvalue weighted by molar-refractivity contribution is 7.89. The van der Waals surface area contributed by atoms with Crippen molar-refractivity contribution in [2.24, 2.45) is 0 Å². The minimum Gasteiger partial charge on any atom is -0.335 e. The third kappa shape index (κ3) is 4.58. The number of hydrogen-bond acceptors (Lipinski definition) is 6. The predicted molar refractivity (Wildman–Crippen MR) is 109 cm³/mol. The van der Waals surface area contributed by atoms with Crippen molar-refractivity contribution < 1.29 is 12.9 Å². The Balaban J connectivity index is 1.44. The molecule has 1 aliphatic heterocycles. The minimum absolute atomic E-state index is 0.0433. The van der Waals surface area contributed by atoms with E-state index in [-0.39, 0.29) is 11.6 Å². The summed E-state index contributed by atoms with van der Waals surface area (Å²) in [6.07, 6.45) is 9.26. The van der Waals surface area contributed by atoms with Gasteiger partial charge in [0.2, 0.25) is 0 Å². The van der Waals surface area contributed by atoms with E-state index in [1.54, 1.807) is 22.8 Å². The molecule has 0 N–H and O–H groups in total. The predicted octanol–water partition coefficient (Wildman–Crippen LogP) is 3.31. The van der Waals surface area contributed by atoms with Crippen LogP contribution in [-0.2, 0) is 16.6 Å². The van der Waals surface area contributed by atoms with Crippen molar-refractivity contribution in [2.75, 3.05) is 13.1 Å². The Kier molecular flexibility index (Phi) is 5.79. The van der Waals surface area contributed by atoms with Crippen LogP contribution < -0.4 is 0 Å². The molecule has 1 aromatic carbocycles. The van der Waals surface area contributed by atoms with Gasteiger partial charge < -0.3 is 9.09 Å². The third-order valence-electron chi connectivity index (χ3n) is 4.65. The maximum Gasteiger partial charge on any atom is 0.262 e. The molecular formula is C19H20ClN5O3S. The van der Waals surface area contributed by atoms with Crippen LogP contribution >= 0.6 is 11.6 Å². The maximum absolute atomic E-state index is 12.7. The van der Waals surface area contributed by atoms with Gasteiger partial charge >= 0.3 is 0 Å². The first-order valence-electron chi connectivity index (χ1n) is 9.29. The lowest BCUT2D eigenvalue weighted by atomic mass is 10.2. The molecule has 2 aromatic heterocycles. The van der Waals surface area contributed by atoms with E-state index in [1.807, 2.05) is 18.2 Å². The fourth-order valence-corrected chi connectivity index (χ4v) is 4.78. The van der Waals surface area contributed by atoms with Crippen molar-refractivity contribution in [2.45, 2.75) is 30.8 Å². The van der Waals surface area contributed by atoms with Crippen molar-refractivity contribution >= 4 is 33.8 Å². The average Bonchev–Trinajstić information content (AvgIpc) is 3.38. The molecule has 0 bridgehead atoms. The van der Waals surface area contributed by atoms with Gasteiger partial charge in [0.05, 0.1) is 12.9 Å². The van der Waals surface area contributed by atoms with Crippen LogP contribution in [0.25, 0.3) is 12.2 Å². The van der Waals surface area contributed by atoms with Crippen LogP contribution in [0.15, 0.2) is 46.3 Å². The van der Waals surface area contributed by atoms with Gasteiger partial charge in [-0.2, -0.15) is 9.29 Å². The van der Waals surface area contributed by atoms with Gasteiger partial charge in [-0.3, -0.25) is 0 Å². The third-order valence-corrected chi connectivity index (χ3v) is 6.78. The minimum atomic E-state index is -3.56. The molecule has 29 heavy (non-hydrogen) atoms. The largest absolute Gasteiger partial charge is 0.335 e. The molecule has 1 aliphatic rings. The summed E-state index contributed by atoms with van der Waals surface area (Å²) in [5, 5.41) is 4.60. The van der Waals surface area contributed by atoms with Crippen molar-refractivity contribution in [3.05, 3.63) is 59.1 Å². The fourth-order valence-electron chi connectivity index (χ4n) is 3.13. The van der Waals surface area contributed by atoms with E-state index in [2.05, 4.69) is 15.1 Å². The molecule has 8 nitrogen and oxygen atoms in total. The number of rotatable bonds is 6. The highest BCUT2D eigenvalue weighted by Crippen LogP contribution is 2.20. The van der Waals surface area contributed by atoms with Gasteiger partial charge in [0.25, 0.3) is 15.9 Å². The Hall–Kier alpha value is -2.49. The van der Waals surface area contributed by atoms with Gasteiger partial charge in [-0.15, -0.1) is 0 Å². The summed E-state index contributed by atoms with van der Waals surface area (Å²) in [7, 11) is -3.56. The first-order valence-corrected chi connectivity index (χ1v) is 11.1. The second-order valence-corrected chi connectivity index (χ2v) is 9.04. The van der Waals surface area contributed by atoms with E-state index in [9.17, 15) is 8.42 Å². The zero-order chi connectivity index (χ0) is 20.3. The molecule has 1 saturated heterocycles. The summed E-state index contributed by atoms with van der Waals surface area (Å²) in [5.41, 5.74) is 0.844. The van der Waals surface area contributed by atoms with Crippen LogP contribution in [-0.4, -0.2) is 45.5 Å². The summed E-state index contributed by atoms with van der Waals surface area (Å²) in [6.45, 7) is 1.34. The summed E-state index contributed by atoms with van der Waals surface area (Å²) in [5.74, 6) is 0.754. The number of piperidine rings is 1. The number of nitrogens with zero attached hydrogens (tertiary/aromatic N) is 5. The van der Waals surface area contributed by atoms with Gasteiger partial charge in [0, 0.05) is 30.4 Å². The van der Waals surface area contributed by atoms with Crippen LogP contribution in [0.2, 0.25) is 5.02 Å². The second-order valence-electron chi connectivity index (χ2n) is 6.75. The Morgan fingerprint density at radius 3 is 2.72 bits per heavy atom. The summed E-state index contributed by atoms with van der Waals surface area (Å²) in [4.78, 5) is 8.37. The van der Waals surface area contributed by atoms with Gasteiger partial charge in [0.15, 0.2) is 10.9 Å². The monoisotopic (exact) mass is 433 g/mol. The number of sulfonamides is 1. The number of imidazole rings is 1. The smallest absolute Gasteiger partial charge is 0.262 e. The molecule has 0 atom stereocenters. The first kappa shape index (κ1) is 19.8. The fraction of sp³-hybridized carbons (Fsp3) is 0.316. The van der Waals surface area contributed by atoms with Crippen molar-refractivity contribution in [1.82, 2.24) is 24.0 Å². The molecule has 4 rings (SSSR count). The molecule has 0 amide bonds. The molecule has 0 unspecified atom stereocenters. The molecular weight excluding hydrogens is 414 g/mol. The quantitative estimate of drug-likeness (QED) is 0.591. The zero-order valence-electron chi connectivity index (χ0n) is 15.6. The van der Waals surface area contributed by atoms with Gasteiger partial charge in [-0.05, 0) is 30.5 Å². The summed E-state index contributed by atoms with van der Waals surface area (Å²) >= 11 is 6.12. The Morgan fingerprint density at radius 1 is 1.14 bits per heavy atom. The molecule has 0 radical (unpaired) electrons. The molecule has 0 saturated carbocycles. The number of aromatic nitrogens is 4.